The van der Waals surface area contributed by atoms with Crippen LogP contribution in [0.5, 0.6) is 0 Å². The van der Waals surface area contributed by atoms with Crippen molar-refractivity contribution in [3.8, 4) is 0 Å². The van der Waals surface area contributed by atoms with E-state index in [2.05, 4.69) is 25.7 Å². The molecule has 0 amide bonds. The highest BCUT2D eigenvalue weighted by molar-refractivity contribution is 4.96. The molecule has 3 atom stereocenters. The monoisotopic (exact) mass is 225 g/mol. The lowest BCUT2D eigenvalue weighted by atomic mass is 9.80. The van der Waals surface area contributed by atoms with Gasteiger partial charge in [-0.25, -0.2) is 0 Å². The molecule has 1 N–H and O–H groups in total. The summed E-state index contributed by atoms with van der Waals surface area (Å²) in [5, 5.41) is 10.2. The van der Waals surface area contributed by atoms with Gasteiger partial charge in [0.1, 0.15) is 0 Å². The van der Waals surface area contributed by atoms with Gasteiger partial charge >= 0.3 is 0 Å². The smallest absolute Gasteiger partial charge is 0.0695 e. The molecule has 16 heavy (non-hydrogen) atoms. The molecule has 2 heteroatoms. The second-order valence-electron chi connectivity index (χ2n) is 6.33. The van der Waals surface area contributed by atoms with Gasteiger partial charge in [-0.15, -0.1) is 0 Å². The van der Waals surface area contributed by atoms with Gasteiger partial charge in [0.2, 0.25) is 0 Å². The van der Waals surface area contributed by atoms with Gasteiger partial charge in [0.25, 0.3) is 0 Å². The second kappa shape index (κ2) is 4.66. The van der Waals surface area contributed by atoms with Crippen LogP contribution in [0.2, 0.25) is 0 Å². The van der Waals surface area contributed by atoms with Crippen LogP contribution in [0.4, 0.5) is 0 Å². The highest BCUT2D eigenvalue weighted by atomic mass is 16.3. The van der Waals surface area contributed by atoms with Crippen LogP contribution in [0.15, 0.2) is 0 Å². The normalized spacial score (nSPS) is 40.1. The van der Waals surface area contributed by atoms with Gasteiger partial charge in [0.15, 0.2) is 0 Å². The van der Waals surface area contributed by atoms with Crippen LogP contribution in [0.3, 0.4) is 0 Å². The van der Waals surface area contributed by atoms with Crippen LogP contribution in [0.1, 0.15) is 59.3 Å². The largest absolute Gasteiger partial charge is 0.391 e. The van der Waals surface area contributed by atoms with Crippen molar-refractivity contribution in [1.82, 2.24) is 4.90 Å². The number of hydrogen-bond donors (Lipinski definition) is 1. The van der Waals surface area contributed by atoms with Crippen LogP contribution in [0, 0.1) is 5.92 Å². The molecular weight excluding hydrogens is 198 g/mol. The first-order valence-electron chi connectivity index (χ1n) is 6.99. The van der Waals surface area contributed by atoms with E-state index in [4.69, 9.17) is 0 Å². The van der Waals surface area contributed by atoms with Crippen LogP contribution < -0.4 is 0 Å². The fraction of sp³-hybridized carbons (Fsp3) is 1.00. The van der Waals surface area contributed by atoms with E-state index < -0.39 is 0 Å². The zero-order valence-corrected chi connectivity index (χ0v) is 11.1. The lowest BCUT2D eigenvalue weighted by Gasteiger charge is -2.44. The number of aliphatic hydroxyl groups is 1. The predicted molar refractivity (Wildman–Crippen MR) is 67.4 cm³/mol. The van der Waals surface area contributed by atoms with E-state index in [1.807, 2.05) is 0 Å². The third-order valence-corrected chi connectivity index (χ3v) is 4.83. The fourth-order valence-electron chi connectivity index (χ4n) is 3.66. The standard InChI is InChI=1S/C14H27NO/c1-4-11-6-7-13(16)12(10-11)15-9-5-8-14(15,2)3/h11-13,16H,4-10H2,1-3H3. The van der Waals surface area contributed by atoms with E-state index in [0.717, 1.165) is 12.3 Å². The van der Waals surface area contributed by atoms with Gasteiger partial charge in [-0.1, -0.05) is 13.3 Å². The summed E-state index contributed by atoms with van der Waals surface area (Å²) in [6.45, 7) is 8.14. The molecule has 94 valence electrons. The third-order valence-electron chi connectivity index (χ3n) is 4.83. The van der Waals surface area contributed by atoms with Gasteiger partial charge in [-0.3, -0.25) is 4.90 Å². The fourth-order valence-corrected chi connectivity index (χ4v) is 3.66. The maximum atomic E-state index is 10.2. The molecule has 0 bridgehead atoms. The predicted octanol–water partition coefficient (Wildman–Crippen LogP) is 2.80. The molecule has 2 fully saturated rings. The van der Waals surface area contributed by atoms with Gasteiger partial charge in [0, 0.05) is 11.6 Å². The number of hydrogen-bond acceptors (Lipinski definition) is 2. The SMILES string of the molecule is CCC1CCC(O)C(N2CCCC2(C)C)C1. The second-order valence-corrected chi connectivity index (χ2v) is 6.33. The van der Waals surface area contributed by atoms with Crippen molar-refractivity contribution in [3.05, 3.63) is 0 Å². The molecule has 1 saturated carbocycles. The van der Waals surface area contributed by atoms with Crippen LogP contribution in [0.25, 0.3) is 0 Å². The van der Waals surface area contributed by atoms with E-state index >= 15 is 0 Å². The van der Waals surface area contributed by atoms with Gasteiger partial charge in [-0.2, -0.15) is 0 Å². The van der Waals surface area contributed by atoms with Crippen molar-refractivity contribution in [1.29, 1.82) is 0 Å². The maximum Gasteiger partial charge on any atom is 0.0695 e. The molecule has 0 spiro atoms. The quantitative estimate of drug-likeness (QED) is 0.781. The van der Waals surface area contributed by atoms with Gasteiger partial charge in [-0.05, 0) is 58.4 Å². The Hall–Kier alpha value is -0.0800. The first-order valence-corrected chi connectivity index (χ1v) is 6.99. The molecule has 0 aromatic heterocycles. The molecule has 3 unspecified atom stereocenters. The van der Waals surface area contributed by atoms with E-state index in [9.17, 15) is 5.11 Å². The Kier molecular flexibility index (Phi) is 3.60. The molecular formula is C14H27NO. The zero-order valence-electron chi connectivity index (χ0n) is 11.1. The topological polar surface area (TPSA) is 23.5 Å². The Morgan fingerprint density at radius 2 is 2.06 bits per heavy atom. The van der Waals surface area contributed by atoms with Crippen LogP contribution in [-0.4, -0.2) is 34.2 Å². The molecule has 0 radical (unpaired) electrons. The lowest BCUT2D eigenvalue weighted by Crippen LogP contribution is -2.53. The van der Waals surface area contributed by atoms with E-state index in [1.165, 1.54) is 38.6 Å². The summed E-state index contributed by atoms with van der Waals surface area (Å²) in [5.41, 5.74) is 0.307. The van der Waals surface area contributed by atoms with Crippen molar-refractivity contribution in [2.75, 3.05) is 6.54 Å². The van der Waals surface area contributed by atoms with Gasteiger partial charge < -0.3 is 5.11 Å². The van der Waals surface area contributed by atoms with Crippen molar-refractivity contribution in [2.45, 2.75) is 77.0 Å². The summed E-state index contributed by atoms with van der Waals surface area (Å²) in [7, 11) is 0. The Morgan fingerprint density at radius 3 is 2.62 bits per heavy atom. The summed E-state index contributed by atoms with van der Waals surface area (Å²) in [4.78, 5) is 2.58. The maximum absolute atomic E-state index is 10.2. The molecule has 0 aromatic carbocycles. The first kappa shape index (κ1) is 12.4. The molecule has 1 saturated heterocycles. The average molecular weight is 225 g/mol. The third kappa shape index (κ3) is 2.28. The van der Waals surface area contributed by atoms with Crippen molar-refractivity contribution < 1.29 is 5.11 Å². The van der Waals surface area contributed by atoms with E-state index in [1.54, 1.807) is 0 Å². The Bertz CT molecular complexity index is 239. The molecule has 1 heterocycles. The first-order chi connectivity index (χ1) is 7.54. The minimum atomic E-state index is -0.0832. The Labute approximate surface area is 100 Å². The highest BCUT2D eigenvalue weighted by Crippen LogP contribution is 2.37. The Balaban J connectivity index is 2.06. The summed E-state index contributed by atoms with van der Waals surface area (Å²) >= 11 is 0. The average Bonchev–Trinajstić information content (AvgIpc) is 2.59. The summed E-state index contributed by atoms with van der Waals surface area (Å²) in [6.07, 6.45) is 7.22. The number of aliphatic hydroxyl groups excluding tert-OH is 1. The van der Waals surface area contributed by atoms with Crippen molar-refractivity contribution in [2.24, 2.45) is 5.92 Å². The minimum Gasteiger partial charge on any atom is -0.391 e. The van der Waals surface area contributed by atoms with Crippen molar-refractivity contribution in [3.63, 3.8) is 0 Å². The highest BCUT2D eigenvalue weighted by Gasteiger charge is 2.41. The molecule has 1 aliphatic carbocycles. The number of nitrogens with zero attached hydrogens (tertiary/aromatic N) is 1. The van der Waals surface area contributed by atoms with Crippen LogP contribution in [-0.2, 0) is 0 Å². The number of likely N-dealkylation sites (tertiary alicyclic amines) is 1. The minimum absolute atomic E-state index is 0.0832. The van der Waals surface area contributed by atoms with E-state index in [-0.39, 0.29) is 6.10 Å². The van der Waals surface area contributed by atoms with E-state index in [0.29, 0.717) is 11.6 Å². The molecule has 0 aromatic rings. The Morgan fingerprint density at radius 1 is 1.31 bits per heavy atom. The summed E-state index contributed by atoms with van der Waals surface area (Å²) in [5.74, 6) is 0.838. The molecule has 2 rings (SSSR count). The number of rotatable bonds is 2. The van der Waals surface area contributed by atoms with Crippen molar-refractivity contribution >= 4 is 0 Å². The summed E-state index contributed by atoms with van der Waals surface area (Å²) in [6, 6.07) is 0.427. The summed E-state index contributed by atoms with van der Waals surface area (Å²) < 4.78 is 0. The molecule has 2 nitrogen and oxygen atoms in total. The van der Waals surface area contributed by atoms with Crippen LogP contribution >= 0.6 is 0 Å². The molecule has 1 aliphatic heterocycles. The van der Waals surface area contributed by atoms with Gasteiger partial charge in [0.05, 0.1) is 6.10 Å². The lowest BCUT2D eigenvalue weighted by molar-refractivity contribution is -0.0230. The molecule has 2 aliphatic rings. The zero-order chi connectivity index (χ0) is 11.8.